The van der Waals surface area contributed by atoms with Crippen LogP contribution in [0.5, 0.6) is 0 Å². The van der Waals surface area contributed by atoms with Gasteiger partial charge in [0.1, 0.15) is 0 Å². The van der Waals surface area contributed by atoms with Crippen molar-refractivity contribution >= 4 is 17.3 Å². The number of primary amides is 1. The Morgan fingerprint density at radius 1 is 1.45 bits per heavy atom. The summed E-state index contributed by atoms with van der Waals surface area (Å²) in [4.78, 5) is 23.9. The Kier molecular flexibility index (Phi) is 3.92. The summed E-state index contributed by atoms with van der Waals surface area (Å²) in [6.45, 7) is 4.39. The molecule has 6 nitrogen and oxygen atoms in total. The molecule has 0 bridgehead atoms. The van der Waals surface area contributed by atoms with Gasteiger partial charge in [-0.05, 0) is 38.8 Å². The molecule has 0 aliphatic carbocycles. The van der Waals surface area contributed by atoms with Crippen LogP contribution in [0.25, 0.3) is 0 Å². The second-order valence-corrected chi connectivity index (χ2v) is 5.41. The van der Waals surface area contributed by atoms with Crippen LogP contribution in [0.15, 0.2) is 18.2 Å². The molecule has 6 heteroatoms. The highest BCUT2D eigenvalue weighted by Crippen LogP contribution is 2.30. The van der Waals surface area contributed by atoms with E-state index in [1.807, 2.05) is 0 Å². The predicted octanol–water partition coefficient (Wildman–Crippen LogP) is 1.99. The van der Waals surface area contributed by atoms with Crippen LogP contribution in [0.2, 0.25) is 0 Å². The van der Waals surface area contributed by atoms with Crippen molar-refractivity contribution in [2.75, 3.05) is 11.4 Å². The third kappa shape index (κ3) is 2.74. The SMILES string of the molecule is Cc1cc(N2CC(C(N)=O)CCC2C)ccc1[N+](=O)[O-]. The van der Waals surface area contributed by atoms with Crippen LogP contribution in [0, 0.1) is 23.0 Å². The highest BCUT2D eigenvalue weighted by atomic mass is 16.6. The van der Waals surface area contributed by atoms with Crippen LogP contribution in [0.1, 0.15) is 25.3 Å². The summed E-state index contributed by atoms with van der Waals surface area (Å²) in [5.74, 6) is -0.428. The number of aryl methyl sites for hydroxylation is 1. The van der Waals surface area contributed by atoms with Crippen molar-refractivity contribution in [3.8, 4) is 0 Å². The lowest BCUT2D eigenvalue weighted by atomic mass is 9.92. The lowest BCUT2D eigenvalue weighted by Gasteiger charge is -2.38. The van der Waals surface area contributed by atoms with Gasteiger partial charge in [-0.1, -0.05) is 0 Å². The summed E-state index contributed by atoms with van der Waals surface area (Å²) in [5, 5.41) is 10.8. The van der Waals surface area contributed by atoms with Gasteiger partial charge >= 0.3 is 0 Å². The average molecular weight is 277 g/mol. The van der Waals surface area contributed by atoms with E-state index in [1.54, 1.807) is 19.1 Å². The molecule has 2 rings (SSSR count). The largest absolute Gasteiger partial charge is 0.369 e. The first kappa shape index (κ1) is 14.3. The molecular formula is C14H19N3O3. The fourth-order valence-corrected chi connectivity index (χ4v) is 2.72. The maximum atomic E-state index is 11.4. The molecule has 0 saturated carbocycles. The number of nitro groups is 1. The number of carbonyl (C=O) groups excluding carboxylic acids is 1. The van der Waals surface area contributed by atoms with E-state index < -0.39 is 0 Å². The van der Waals surface area contributed by atoms with E-state index in [4.69, 9.17) is 5.73 Å². The molecule has 1 amide bonds. The Morgan fingerprint density at radius 2 is 2.15 bits per heavy atom. The van der Waals surface area contributed by atoms with E-state index in [0.29, 0.717) is 18.2 Å². The Balaban J connectivity index is 2.27. The Bertz CT molecular complexity index is 544. The van der Waals surface area contributed by atoms with E-state index >= 15 is 0 Å². The van der Waals surface area contributed by atoms with Gasteiger partial charge in [-0.3, -0.25) is 14.9 Å². The molecule has 2 atom stereocenters. The van der Waals surface area contributed by atoms with Crippen LogP contribution >= 0.6 is 0 Å². The maximum Gasteiger partial charge on any atom is 0.272 e. The van der Waals surface area contributed by atoms with Gasteiger partial charge < -0.3 is 10.6 Å². The lowest BCUT2D eigenvalue weighted by molar-refractivity contribution is -0.385. The number of piperidine rings is 1. The highest BCUT2D eigenvalue weighted by Gasteiger charge is 2.29. The van der Waals surface area contributed by atoms with Crippen molar-refractivity contribution in [1.29, 1.82) is 0 Å². The normalized spacial score (nSPS) is 22.6. The van der Waals surface area contributed by atoms with Gasteiger partial charge in [0, 0.05) is 29.9 Å². The number of hydrogen-bond acceptors (Lipinski definition) is 4. The molecule has 0 radical (unpaired) electrons. The van der Waals surface area contributed by atoms with Gasteiger partial charge in [-0.15, -0.1) is 0 Å². The molecule has 20 heavy (non-hydrogen) atoms. The van der Waals surface area contributed by atoms with Crippen LogP contribution in [-0.4, -0.2) is 23.4 Å². The van der Waals surface area contributed by atoms with Gasteiger partial charge in [0.05, 0.1) is 10.8 Å². The molecule has 1 aliphatic rings. The van der Waals surface area contributed by atoms with Crippen molar-refractivity contribution in [3.63, 3.8) is 0 Å². The van der Waals surface area contributed by atoms with Gasteiger partial charge in [0.2, 0.25) is 5.91 Å². The average Bonchev–Trinajstić information content (AvgIpc) is 2.38. The van der Waals surface area contributed by atoms with Gasteiger partial charge in [-0.25, -0.2) is 0 Å². The third-order valence-electron chi connectivity index (χ3n) is 3.99. The number of carbonyl (C=O) groups is 1. The van der Waals surface area contributed by atoms with E-state index in [1.165, 1.54) is 6.07 Å². The zero-order valence-corrected chi connectivity index (χ0v) is 11.7. The van der Waals surface area contributed by atoms with Gasteiger partial charge in [0.15, 0.2) is 0 Å². The number of nitrogens with zero attached hydrogens (tertiary/aromatic N) is 2. The minimum atomic E-state index is -0.384. The maximum absolute atomic E-state index is 11.4. The topological polar surface area (TPSA) is 89.5 Å². The number of rotatable bonds is 3. The van der Waals surface area contributed by atoms with Crippen molar-refractivity contribution < 1.29 is 9.72 Å². The standard InChI is InChI=1S/C14H19N3O3/c1-9-7-12(5-6-13(9)17(19)20)16-8-11(14(15)18)4-3-10(16)2/h5-7,10-11H,3-4,8H2,1-2H3,(H2,15,18). The Morgan fingerprint density at radius 3 is 2.70 bits per heavy atom. The summed E-state index contributed by atoms with van der Waals surface area (Å²) < 4.78 is 0. The molecule has 0 aromatic heterocycles. The quantitative estimate of drug-likeness (QED) is 0.675. The van der Waals surface area contributed by atoms with Crippen molar-refractivity contribution in [3.05, 3.63) is 33.9 Å². The fourth-order valence-electron chi connectivity index (χ4n) is 2.72. The second-order valence-electron chi connectivity index (χ2n) is 5.41. The molecule has 1 saturated heterocycles. The van der Waals surface area contributed by atoms with Crippen LogP contribution in [-0.2, 0) is 4.79 Å². The van der Waals surface area contributed by atoms with Crippen molar-refractivity contribution in [2.45, 2.75) is 32.7 Å². The summed E-state index contributed by atoms with van der Waals surface area (Å²) in [6, 6.07) is 5.36. The third-order valence-corrected chi connectivity index (χ3v) is 3.99. The van der Waals surface area contributed by atoms with Crippen LogP contribution < -0.4 is 10.6 Å². The number of hydrogen-bond donors (Lipinski definition) is 1. The monoisotopic (exact) mass is 277 g/mol. The summed E-state index contributed by atoms with van der Waals surface area (Å²) in [6.07, 6.45) is 1.70. The van der Waals surface area contributed by atoms with Crippen molar-refractivity contribution in [2.24, 2.45) is 11.7 Å². The number of anilines is 1. The summed E-state index contributed by atoms with van der Waals surface area (Å²) in [5.41, 5.74) is 7.04. The fraction of sp³-hybridized carbons (Fsp3) is 0.500. The zero-order chi connectivity index (χ0) is 14.9. The first-order valence-electron chi connectivity index (χ1n) is 6.71. The highest BCUT2D eigenvalue weighted by molar-refractivity contribution is 5.77. The smallest absolute Gasteiger partial charge is 0.272 e. The van der Waals surface area contributed by atoms with Gasteiger partial charge in [0.25, 0.3) is 5.69 Å². The van der Waals surface area contributed by atoms with Crippen molar-refractivity contribution in [1.82, 2.24) is 0 Å². The zero-order valence-electron chi connectivity index (χ0n) is 11.7. The van der Waals surface area contributed by atoms with E-state index in [2.05, 4.69) is 11.8 Å². The van der Waals surface area contributed by atoms with E-state index in [-0.39, 0.29) is 22.4 Å². The molecule has 0 spiro atoms. The van der Waals surface area contributed by atoms with Gasteiger partial charge in [-0.2, -0.15) is 0 Å². The molecule has 108 valence electrons. The second kappa shape index (κ2) is 5.48. The molecule has 1 aromatic carbocycles. The lowest BCUT2D eigenvalue weighted by Crippen LogP contribution is -2.45. The first-order valence-corrected chi connectivity index (χ1v) is 6.71. The molecule has 2 N–H and O–H groups in total. The van der Waals surface area contributed by atoms with E-state index in [9.17, 15) is 14.9 Å². The van der Waals surface area contributed by atoms with Crippen LogP contribution in [0.4, 0.5) is 11.4 Å². The predicted molar refractivity (Wildman–Crippen MR) is 76.6 cm³/mol. The Hall–Kier alpha value is -2.11. The summed E-state index contributed by atoms with van der Waals surface area (Å²) in [7, 11) is 0. The molecule has 2 unspecified atom stereocenters. The minimum absolute atomic E-state index is 0.116. The minimum Gasteiger partial charge on any atom is -0.369 e. The van der Waals surface area contributed by atoms with Crippen LogP contribution in [0.3, 0.4) is 0 Å². The first-order chi connectivity index (χ1) is 9.40. The number of benzene rings is 1. The number of nitro benzene ring substituents is 1. The summed E-state index contributed by atoms with van der Waals surface area (Å²) >= 11 is 0. The number of nitrogens with two attached hydrogens (primary N) is 1. The molecule has 1 fully saturated rings. The Labute approximate surface area is 117 Å². The number of amides is 1. The molecular weight excluding hydrogens is 258 g/mol. The molecule has 1 aliphatic heterocycles. The van der Waals surface area contributed by atoms with E-state index in [0.717, 1.165) is 18.5 Å². The molecule has 1 heterocycles. The molecule has 1 aromatic rings.